The smallest absolute Gasteiger partial charge is 0.317 e. The third kappa shape index (κ3) is 4.67. The minimum absolute atomic E-state index is 0.0649. The summed E-state index contributed by atoms with van der Waals surface area (Å²) in [5, 5.41) is 7.67. The van der Waals surface area contributed by atoms with Crippen LogP contribution in [0.4, 0.5) is 4.79 Å². The molecule has 1 aliphatic rings. The molecule has 148 valence electrons. The van der Waals surface area contributed by atoms with Crippen LogP contribution in [0.25, 0.3) is 11.4 Å². The number of urea groups is 1. The van der Waals surface area contributed by atoms with E-state index in [4.69, 9.17) is 19.0 Å². The standard InChI is InChI=1S/C18H27N5O4/c1-3-26-10-8-23-16-5-7-22(18(24)19-6-4-9-25-2)11-14(16)17(21-23)15-12-27-13-20-15/h12-13H,3-11H2,1-2H3,(H,19,24). The Morgan fingerprint density at radius 2 is 2.30 bits per heavy atom. The van der Waals surface area contributed by atoms with Gasteiger partial charge in [0.25, 0.3) is 0 Å². The number of hydrogen-bond donors (Lipinski definition) is 1. The molecule has 3 rings (SSSR count). The first kappa shape index (κ1) is 19.4. The molecule has 1 aliphatic heterocycles. The summed E-state index contributed by atoms with van der Waals surface area (Å²) in [5.41, 5.74) is 3.62. The molecular weight excluding hydrogens is 350 g/mol. The van der Waals surface area contributed by atoms with Crippen molar-refractivity contribution in [3.8, 4) is 11.4 Å². The lowest BCUT2D eigenvalue weighted by Crippen LogP contribution is -2.43. The molecule has 3 heterocycles. The lowest BCUT2D eigenvalue weighted by molar-refractivity contribution is 0.135. The Hall–Kier alpha value is -2.39. The van der Waals surface area contributed by atoms with Gasteiger partial charge in [-0.3, -0.25) is 4.68 Å². The van der Waals surface area contributed by atoms with Gasteiger partial charge in [-0.1, -0.05) is 0 Å². The maximum atomic E-state index is 12.5. The largest absolute Gasteiger partial charge is 0.451 e. The fourth-order valence-corrected chi connectivity index (χ4v) is 3.20. The summed E-state index contributed by atoms with van der Waals surface area (Å²) in [7, 11) is 1.66. The van der Waals surface area contributed by atoms with Gasteiger partial charge >= 0.3 is 6.03 Å². The van der Waals surface area contributed by atoms with Crippen molar-refractivity contribution in [3.63, 3.8) is 0 Å². The highest BCUT2D eigenvalue weighted by Crippen LogP contribution is 2.29. The van der Waals surface area contributed by atoms with Crippen LogP contribution in [-0.4, -0.2) is 65.7 Å². The molecule has 0 fully saturated rings. The van der Waals surface area contributed by atoms with Gasteiger partial charge in [-0.25, -0.2) is 9.78 Å². The third-order valence-electron chi connectivity index (χ3n) is 4.55. The Bertz CT molecular complexity index is 728. The second-order valence-electron chi connectivity index (χ2n) is 6.32. The predicted molar refractivity (Wildman–Crippen MR) is 98.2 cm³/mol. The van der Waals surface area contributed by atoms with E-state index in [0.717, 1.165) is 29.8 Å². The van der Waals surface area contributed by atoms with Gasteiger partial charge in [0.15, 0.2) is 6.39 Å². The highest BCUT2D eigenvalue weighted by atomic mass is 16.5. The summed E-state index contributed by atoms with van der Waals surface area (Å²) in [6.45, 7) is 6.32. The molecule has 0 radical (unpaired) electrons. The summed E-state index contributed by atoms with van der Waals surface area (Å²) in [6, 6.07) is -0.0649. The van der Waals surface area contributed by atoms with Gasteiger partial charge in [0.2, 0.25) is 0 Å². The normalized spacial score (nSPS) is 13.6. The molecule has 9 nitrogen and oxygen atoms in total. The molecule has 0 unspecified atom stereocenters. The molecule has 0 spiro atoms. The topological polar surface area (TPSA) is 94.7 Å². The summed E-state index contributed by atoms with van der Waals surface area (Å²) in [5.74, 6) is 0. The summed E-state index contributed by atoms with van der Waals surface area (Å²) in [4.78, 5) is 18.5. The summed E-state index contributed by atoms with van der Waals surface area (Å²) in [6.07, 6.45) is 4.52. The zero-order valence-electron chi connectivity index (χ0n) is 15.9. The van der Waals surface area contributed by atoms with Gasteiger partial charge in [-0.2, -0.15) is 5.10 Å². The van der Waals surface area contributed by atoms with Crippen LogP contribution < -0.4 is 5.32 Å². The van der Waals surface area contributed by atoms with Crippen molar-refractivity contribution in [2.45, 2.75) is 32.9 Å². The lowest BCUT2D eigenvalue weighted by Gasteiger charge is -2.28. The molecule has 2 aromatic rings. The SMILES string of the molecule is CCOCCn1nc(-c2cocn2)c2c1CCN(C(=O)NCCCOC)C2. The average Bonchev–Trinajstić information content (AvgIpc) is 3.33. The quantitative estimate of drug-likeness (QED) is 0.668. The van der Waals surface area contributed by atoms with Gasteiger partial charge in [0.1, 0.15) is 17.7 Å². The number of nitrogens with one attached hydrogen (secondary N) is 1. The highest BCUT2D eigenvalue weighted by Gasteiger charge is 2.28. The van der Waals surface area contributed by atoms with E-state index in [1.165, 1.54) is 6.39 Å². The fourth-order valence-electron chi connectivity index (χ4n) is 3.20. The first-order valence-electron chi connectivity index (χ1n) is 9.31. The molecule has 0 aliphatic carbocycles. The van der Waals surface area contributed by atoms with Crippen LogP contribution in [0, 0.1) is 0 Å². The molecule has 1 N–H and O–H groups in total. The van der Waals surface area contributed by atoms with Gasteiger partial charge < -0.3 is 24.1 Å². The van der Waals surface area contributed by atoms with Crippen molar-refractivity contribution >= 4 is 6.03 Å². The lowest BCUT2D eigenvalue weighted by atomic mass is 10.0. The van der Waals surface area contributed by atoms with Crippen molar-refractivity contribution in [3.05, 3.63) is 23.9 Å². The van der Waals surface area contributed by atoms with Crippen molar-refractivity contribution in [2.24, 2.45) is 0 Å². The number of oxazole rings is 1. The highest BCUT2D eigenvalue weighted by molar-refractivity contribution is 5.75. The number of methoxy groups -OCH3 is 1. The molecule has 0 aromatic carbocycles. The predicted octanol–water partition coefficient (Wildman–Crippen LogP) is 1.68. The number of aromatic nitrogens is 3. The molecule has 2 aromatic heterocycles. The number of fused-ring (bicyclic) bond motifs is 1. The summed E-state index contributed by atoms with van der Waals surface area (Å²) < 4.78 is 17.6. The average molecular weight is 377 g/mol. The van der Waals surface area contributed by atoms with E-state index in [2.05, 4.69) is 10.3 Å². The van der Waals surface area contributed by atoms with Crippen LogP contribution in [0.5, 0.6) is 0 Å². The van der Waals surface area contributed by atoms with Gasteiger partial charge in [0.05, 0.1) is 19.7 Å². The Kier molecular flexibility index (Phi) is 6.83. The van der Waals surface area contributed by atoms with Crippen LogP contribution in [0.3, 0.4) is 0 Å². The van der Waals surface area contributed by atoms with Crippen LogP contribution in [0.15, 0.2) is 17.1 Å². The van der Waals surface area contributed by atoms with Crippen LogP contribution >= 0.6 is 0 Å². The molecule has 0 saturated carbocycles. The fraction of sp³-hybridized carbons (Fsp3) is 0.611. The maximum absolute atomic E-state index is 12.5. The first-order chi connectivity index (χ1) is 13.2. The maximum Gasteiger partial charge on any atom is 0.317 e. The van der Waals surface area contributed by atoms with Crippen LogP contribution in [-0.2, 0) is 29.0 Å². The first-order valence-corrected chi connectivity index (χ1v) is 9.31. The molecule has 27 heavy (non-hydrogen) atoms. The third-order valence-corrected chi connectivity index (χ3v) is 4.55. The minimum atomic E-state index is -0.0649. The van der Waals surface area contributed by atoms with E-state index in [9.17, 15) is 4.79 Å². The zero-order valence-corrected chi connectivity index (χ0v) is 15.9. The number of carbonyl (C=O) groups excluding carboxylic acids is 1. The van der Waals surface area contributed by atoms with E-state index in [0.29, 0.717) is 51.7 Å². The number of hydrogen-bond acceptors (Lipinski definition) is 6. The number of nitrogens with zero attached hydrogens (tertiary/aromatic N) is 4. The van der Waals surface area contributed by atoms with E-state index in [1.54, 1.807) is 13.4 Å². The van der Waals surface area contributed by atoms with Crippen LogP contribution in [0.2, 0.25) is 0 Å². The van der Waals surface area contributed by atoms with Crippen molar-refractivity contribution in [2.75, 3.05) is 40.0 Å². The number of ether oxygens (including phenoxy) is 2. The van der Waals surface area contributed by atoms with Gasteiger partial charge in [-0.15, -0.1) is 0 Å². The molecule has 9 heteroatoms. The Morgan fingerprint density at radius 1 is 1.41 bits per heavy atom. The van der Waals surface area contributed by atoms with Gasteiger partial charge in [0, 0.05) is 51.1 Å². The Balaban J connectivity index is 1.74. The zero-order chi connectivity index (χ0) is 19.1. The minimum Gasteiger partial charge on any atom is -0.451 e. The Labute approximate surface area is 158 Å². The van der Waals surface area contributed by atoms with E-state index >= 15 is 0 Å². The molecule has 0 atom stereocenters. The molecular formula is C18H27N5O4. The van der Waals surface area contributed by atoms with Gasteiger partial charge in [-0.05, 0) is 13.3 Å². The van der Waals surface area contributed by atoms with Crippen molar-refractivity contribution in [1.29, 1.82) is 0 Å². The van der Waals surface area contributed by atoms with E-state index < -0.39 is 0 Å². The second kappa shape index (κ2) is 9.52. The molecule has 0 bridgehead atoms. The van der Waals surface area contributed by atoms with E-state index in [-0.39, 0.29) is 6.03 Å². The van der Waals surface area contributed by atoms with Crippen molar-refractivity contribution in [1.82, 2.24) is 25.0 Å². The summed E-state index contributed by atoms with van der Waals surface area (Å²) >= 11 is 0. The monoisotopic (exact) mass is 377 g/mol. The van der Waals surface area contributed by atoms with Crippen LogP contribution in [0.1, 0.15) is 24.6 Å². The number of rotatable bonds is 9. The van der Waals surface area contributed by atoms with E-state index in [1.807, 2.05) is 16.5 Å². The number of amides is 2. The Morgan fingerprint density at radius 3 is 3.04 bits per heavy atom. The number of carbonyl (C=O) groups is 1. The molecule has 0 saturated heterocycles. The second-order valence-corrected chi connectivity index (χ2v) is 6.32. The molecule has 2 amide bonds. The van der Waals surface area contributed by atoms with Crippen molar-refractivity contribution < 1.29 is 18.7 Å².